The fourth-order valence-electron chi connectivity index (χ4n) is 2.65. The summed E-state index contributed by atoms with van der Waals surface area (Å²) in [6, 6.07) is 9.99. The minimum atomic E-state index is 0.426. The second kappa shape index (κ2) is 7.50. The summed E-state index contributed by atoms with van der Waals surface area (Å²) >= 11 is 0. The van der Waals surface area contributed by atoms with Crippen molar-refractivity contribution in [2.24, 2.45) is 10.9 Å². The molecule has 2 atom stereocenters. The van der Waals surface area contributed by atoms with Crippen LogP contribution in [0.3, 0.4) is 0 Å². The molecule has 0 radical (unpaired) electrons. The number of nitrogens with zero attached hydrogens (tertiary/aromatic N) is 4. The minimum Gasteiger partial charge on any atom is -0.287 e. The van der Waals surface area contributed by atoms with E-state index in [-0.39, 0.29) is 0 Å². The number of aliphatic imine (C=N–C) groups is 1. The minimum absolute atomic E-state index is 0.426. The highest BCUT2D eigenvalue weighted by Gasteiger charge is 2.10. The summed E-state index contributed by atoms with van der Waals surface area (Å²) in [5.41, 5.74) is 5.37. The van der Waals surface area contributed by atoms with E-state index >= 15 is 0 Å². The zero-order chi connectivity index (χ0) is 16.9. The van der Waals surface area contributed by atoms with Crippen molar-refractivity contribution in [3.63, 3.8) is 0 Å². The van der Waals surface area contributed by atoms with Crippen molar-refractivity contribution in [2.75, 3.05) is 0 Å². The summed E-state index contributed by atoms with van der Waals surface area (Å²) in [4.78, 5) is 4.54. The van der Waals surface area contributed by atoms with E-state index in [0.717, 1.165) is 16.8 Å². The molecule has 1 aliphatic carbocycles. The third-order valence-corrected chi connectivity index (χ3v) is 4.43. The van der Waals surface area contributed by atoms with Gasteiger partial charge in [0.2, 0.25) is 0 Å². The molecule has 3 rings (SSSR count). The van der Waals surface area contributed by atoms with Crippen LogP contribution in [0, 0.1) is 5.92 Å². The third kappa shape index (κ3) is 3.77. The van der Waals surface area contributed by atoms with Crippen LogP contribution in [0.1, 0.15) is 19.5 Å². The van der Waals surface area contributed by atoms with E-state index in [4.69, 9.17) is 0 Å². The van der Waals surface area contributed by atoms with Crippen molar-refractivity contribution < 1.29 is 0 Å². The van der Waals surface area contributed by atoms with Gasteiger partial charge in [0.15, 0.2) is 0 Å². The first-order valence-electron chi connectivity index (χ1n) is 7.97. The Hall–Kier alpha value is -2.32. The van der Waals surface area contributed by atoms with Gasteiger partial charge in [-0.2, -0.15) is 0 Å². The lowest BCUT2D eigenvalue weighted by atomic mass is 9.93. The molecule has 0 amide bonds. The maximum atomic E-state index is 4.54. The van der Waals surface area contributed by atoms with Gasteiger partial charge in [-0.15, -0.1) is 5.10 Å². The van der Waals surface area contributed by atoms with Crippen LogP contribution in [0.25, 0.3) is 5.69 Å². The second-order valence-electron chi connectivity index (χ2n) is 5.86. The highest BCUT2D eigenvalue weighted by molar-refractivity contribution is 7.27. The van der Waals surface area contributed by atoms with Gasteiger partial charge in [0.25, 0.3) is 0 Å². The molecule has 0 N–H and O–H groups in total. The molecule has 1 heterocycles. The molecule has 5 heteroatoms. The van der Waals surface area contributed by atoms with Crippen LogP contribution in [0.5, 0.6) is 0 Å². The summed E-state index contributed by atoms with van der Waals surface area (Å²) in [7, 11) is 2.63. The Kier molecular flexibility index (Phi) is 5.17. The van der Waals surface area contributed by atoms with Crippen LogP contribution in [-0.2, 0) is 6.54 Å². The molecule has 0 bridgehead atoms. The number of hydrogen-bond donors (Lipinski definition) is 0. The first-order chi connectivity index (χ1) is 11.6. The lowest BCUT2D eigenvalue weighted by Crippen LogP contribution is -2.06. The van der Waals surface area contributed by atoms with Gasteiger partial charge >= 0.3 is 0 Å². The van der Waals surface area contributed by atoms with Crippen LogP contribution >= 0.6 is 9.24 Å². The molecule has 24 heavy (non-hydrogen) atoms. The SMILES string of the molecule is CC1=CC(C)/C(=C\C=NCc2c(P)nnn2-c2ccccc2)C=C1. The fraction of sp³-hybridized carbons (Fsp3) is 0.211. The first-order valence-corrected chi connectivity index (χ1v) is 8.55. The average Bonchev–Trinajstić information content (AvgIpc) is 2.95. The van der Waals surface area contributed by atoms with Crippen LogP contribution in [0.2, 0.25) is 0 Å². The number of para-hydroxylation sites is 1. The van der Waals surface area contributed by atoms with E-state index in [0.29, 0.717) is 12.5 Å². The molecule has 1 aromatic heterocycles. The predicted octanol–water partition coefficient (Wildman–Crippen LogP) is 3.42. The van der Waals surface area contributed by atoms with E-state index in [1.807, 2.05) is 41.2 Å². The number of aromatic nitrogens is 3. The number of benzene rings is 1. The molecular formula is C19H21N4P. The van der Waals surface area contributed by atoms with Gasteiger partial charge in [0, 0.05) is 6.21 Å². The molecule has 0 saturated carbocycles. The van der Waals surface area contributed by atoms with Crippen LogP contribution in [0.4, 0.5) is 0 Å². The van der Waals surface area contributed by atoms with Gasteiger partial charge in [0.1, 0.15) is 5.44 Å². The van der Waals surface area contributed by atoms with Crippen molar-refractivity contribution in [3.05, 3.63) is 71.5 Å². The summed E-state index contributed by atoms with van der Waals surface area (Å²) < 4.78 is 1.84. The molecule has 4 nitrogen and oxygen atoms in total. The lowest BCUT2D eigenvalue weighted by Gasteiger charge is -2.13. The Morgan fingerprint density at radius 2 is 2.04 bits per heavy atom. The van der Waals surface area contributed by atoms with Crippen LogP contribution in [0.15, 0.2) is 70.8 Å². The van der Waals surface area contributed by atoms with Crippen molar-refractivity contribution in [1.29, 1.82) is 0 Å². The Morgan fingerprint density at radius 3 is 2.79 bits per heavy atom. The highest BCUT2D eigenvalue weighted by Crippen LogP contribution is 2.21. The molecule has 1 aromatic carbocycles. The highest BCUT2D eigenvalue weighted by atomic mass is 31.0. The Morgan fingerprint density at radius 1 is 1.25 bits per heavy atom. The van der Waals surface area contributed by atoms with Crippen LogP contribution < -0.4 is 5.44 Å². The standard InChI is InChI=1S/C19H21N4P/c1-14-8-9-16(15(2)12-14)10-11-20-13-18-19(24)21-22-23(18)17-6-4-3-5-7-17/h3-12,15H,13,24H2,1-2H3/b16-10-,20-11?. The molecule has 0 spiro atoms. The molecule has 1 aliphatic rings. The summed E-state index contributed by atoms with van der Waals surface area (Å²) in [6.07, 6.45) is 10.5. The van der Waals surface area contributed by atoms with Crippen molar-refractivity contribution >= 4 is 20.9 Å². The van der Waals surface area contributed by atoms with Crippen molar-refractivity contribution in [1.82, 2.24) is 15.0 Å². The Bertz CT molecular complexity index is 828. The van der Waals surface area contributed by atoms with E-state index in [1.165, 1.54) is 11.1 Å². The maximum Gasteiger partial charge on any atom is 0.105 e. The van der Waals surface area contributed by atoms with Gasteiger partial charge in [-0.3, -0.25) is 4.99 Å². The predicted molar refractivity (Wildman–Crippen MR) is 103 cm³/mol. The van der Waals surface area contributed by atoms with Gasteiger partial charge in [0.05, 0.1) is 17.9 Å². The number of rotatable bonds is 4. The summed E-state index contributed by atoms with van der Waals surface area (Å²) in [5, 5.41) is 8.36. The smallest absolute Gasteiger partial charge is 0.105 e. The van der Waals surface area contributed by atoms with Crippen molar-refractivity contribution in [3.8, 4) is 5.69 Å². The third-order valence-electron chi connectivity index (χ3n) is 3.98. The van der Waals surface area contributed by atoms with Gasteiger partial charge < -0.3 is 0 Å². The monoisotopic (exact) mass is 336 g/mol. The maximum absolute atomic E-state index is 4.54. The topological polar surface area (TPSA) is 43.1 Å². The molecule has 0 fully saturated rings. The summed E-state index contributed by atoms with van der Waals surface area (Å²) in [6.45, 7) is 4.86. The van der Waals surface area contributed by atoms with Gasteiger partial charge in [-0.25, -0.2) is 4.68 Å². The summed E-state index contributed by atoms with van der Waals surface area (Å²) in [5.74, 6) is 0.426. The molecule has 0 saturated heterocycles. The van der Waals surface area contributed by atoms with Gasteiger partial charge in [-0.05, 0) is 36.6 Å². The Labute approximate surface area is 144 Å². The van der Waals surface area contributed by atoms with Crippen LogP contribution in [-0.4, -0.2) is 21.2 Å². The second-order valence-corrected chi connectivity index (χ2v) is 6.40. The molecule has 0 aliphatic heterocycles. The average molecular weight is 336 g/mol. The first kappa shape index (κ1) is 16.5. The lowest BCUT2D eigenvalue weighted by molar-refractivity contribution is 0.762. The van der Waals surface area contributed by atoms with Gasteiger partial charge in [-0.1, -0.05) is 63.4 Å². The largest absolute Gasteiger partial charge is 0.287 e. The zero-order valence-electron chi connectivity index (χ0n) is 13.9. The molecule has 2 unspecified atom stereocenters. The molecule has 122 valence electrons. The zero-order valence-corrected chi connectivity index (χ0v) is 15.1. The van der Waals surface area contributed by atoms with E-state index in [9.17, 15) is 0 Å². The van der Waals surface area contributed by atoms with E-state index in [2.05, 4.69) is 62.7 Å². The van der Waals surface area contributed by atoms with Crippen molar-refractivity contribution in [2.45, 2.75) is 20.4 Å². The Balaban J connectivity index is 1.74. The fourth-order valence-corrected chi connectivity index (χ4v) is 2.91. The quantitative estimate of drug-likeness (QED) is 0.634. The van der Waals surface area contributed by atoms with E-state index < -0.39 is 0 Å². The molecule has 2 aromatic rings. The normalized spacial score (nSPS) is 19.2. The van der Waals surface area contributed by atoms with E-state index in [1.54, 1.807) is 0 Å². The number of hydrogen-bond acceptors (Lipinski definition) is 3. The number of allylic oxidation sites excluding steroid dienone is 6. The molecular weight excluding hydrogens is 315 g/mol.